The topological polar surface area (TPSA) is 54.4 Å². The molecule has 1 amide bonds. The number of hydrogen-bond donors (Lipinski definition) is 1. The van der Waals surface area contributed by atoms with Crippen LogP contribution in [0.2, 0.25) is 0 Å². The smallest absolute Gasteiger partial charge is 0.267 e. The van der Waals surface area contributed by atoms with Crippen molar-refractivity contribution < 1.29 is 4.79 Å². The SMILES string of the molecule is C/C(=N/NC(=O)c1ccc(CSc2cccc3cccnc23)cc1)c1ccc(C(C)(C)C)cc1. The minimum atomic E-state index is -0.219. The van der Waals surface area contributed by atoms with E-state index >= 15 is 0 Å². The molecule has 1 aromatic heterocycles. The third kappa shape index (κ3) is 5.72. The Morgan fingerprint density at radius 3 is 2.29 bits per heavy atom. The lowest BCUT2D eigenvalue weighted by atomic mass is 9.86. The summed E-state index contributed by atoms with van der Waals surface area (Å²) in [6, 6.07) is 26.2. The fraction of sp³-hybridized carbons (Fsp3) is 0.207. The number of nitrogens with one attached hydrogen (secondary N) is 1. The largest absolute Gasteiger partial charge is 0.271 e. The van der Waals surface area contributed by atoms with E-state index in [1.54, 1.807) is 11.8 Å². The summed E-state index contributed by atoms with van der Waals surface area (Å²) in [6.07, 6.45) is 1.82. The second-order valence-electron chi connectivity index (χ2n) is 9.28. The van der Waals surface area contributed by atoms with Crippen molar-refractivity contribution >= 4 is 34.3 Å². The van der Waals surface area contributed by atoms with E-state index in [0.717, 1.165) is 38.4 Å². The maximum atomic E-state index is 12.6. The molecule has 0 saturated carbocycles. The monoisotopic (exact) mass is 467 g/mol. The number of aromatic nitrogens is 1. The van der Waals surface area contributed by atoms with Crippen molar-refractivity contribution in [1.82, 2.24) is 10.4 Å². The number of nitrogens with zero attached hydrogens (tertiary/aromatic N) is 2. The van der Waals surface area contributed by atoms with Crippen LogP contribution in [-0.4, -0.2) is 16.6 Å². The number of carbonyl (C=O) groups excluding carboxylic acids is 1. The van der Waals surface area contributed by atoms with Gasteiger partial charge in [-0.25, -0.2) is 5.43 Å². The quantitative estimate of drug-likeness (QED) is 0.189. The van der Waals surface area contributed by atoms with Gasteiger partial charge in [0.15, 0.2) is 0 Å². The molecule has 0 atom stereocenters. The lowest BCUT2D eigenvalue weighted by Gasteiger charge is -2.19. The van der Waals surface area contributed by atoms with Gasteiger partial charge in [0, 0.05) is 27.8 Å². The number of fused-ring (bicyclic) bond motifs is 1. The first-order valence-corrected chi connectivity index (χ1v) is 12.3. The van der Waals surface area contributed by atoms with Gasteiger partial charge in [0.05, 0.1) is 11.2 Å². The van der Waals surface area contributed by atoms with Gasteiger partial charge in [-0.3, -0.25) is 9.78 Å². The summed E-state index contributed by atoms with van der Waals surface area (Å²) < 4.78 is 0. The molecule has 4 nitrogen and oxygen atoms in total. The molecule has 4 rings (SSSR count). The van der Waals surface area contributed by atoms with Crippen molar-refractivity contribution in [2.45, 2.75) is 43.8 Å². The van der Waals surface area contributed by atoms with Gasteiger partial charge in [0.1, 0.15) is 0 Å². The van der Waals surface area contributed by atoms with Crippen LogP contribution in [0.25, 0.3) is 10.9 Å². The Labute approximate surface area is 205 Å². The highest BCUT2D eigenvalue weighted by molar-refractivity contribution is 7.98. The van der Waals surface area contributed by atoms with E-state index in [1.807, 2.05) is 55.6 Å². The van der Waals surface area contributed by atoms with Gasteiger partial charge in [0.25, 0.3) is 5.91 Å². The summed E-state index contributed by atoms with van der Waals surface area (Å²) in [4.78, 5) is 18.2. The third-order valence-electron chi connectivity index (χ3n) is 5.70. The van der Waals surface area contributed by atoms with Crippen molar-refractivity contribution in [1.29, 1.82) is 0 Å². The Bertz CT molecular complexity index is 1320. The Morgan fingerprint density at radius 2 is 1.59 bits per heavy atom. The molecule has 0 aliphatic carbocycles. The number of hydrogen-bond acceptors (Lipinski definition) is 4. The van der Waals surface area contributed by atoms with Crippen molar-refractivity contribution in [3.63, 3.8) is 0 Å². The normalized spacial score (nSPS) is 12.1. The van der Waals surface area contributed by atoms with Crippen LogP contribution in [0.1, 0.15) is 54.7 Å². The summed E-state index contributed by atoms with van der Waals surface area (Å²) in [6.45, 7) is 8.46. The second-order valence-corrected chi connectivity index (χ2v) is 10.3. The fourth-order valence-corrected chi connectivity index (χ4v) is 4.58. The number of pyridine rings is 1. The first kappa shape index (κ1) is 23.7. The van der Waals surface area contributed by atoms with Crippen LogP contribution in [0.15, 0.2) is 95.1 Å². The van der Waals surface area contributed by atoms with Gasteiger partial charge in [-0.2, -0.15) is 5.10 Å². The van der Waals surface area contributed by atoms with E-state index in [-0.39, 0.29) is 11.3 Å². The number of benzene rings is 3. The van der Waals surface area contributed by atoms with E-state index in [0.29, 0.717) is 5.56 Å². The van der Waals surface area contributed by atoms with Crippen LogP contribution in [0.3, 0.4) is 0 Å². The minimum absolute atomic E-state index is 0.105. The number of para-hydroxylation sites is 1. The van der Waals surface area contributed by atoms with E-state index in [2.05, 4.69) is 72.7 Å². The number of rotatable bonds is 6. The van der Waals surface area contributed by atoms with E-state index in [4.69, 9.17) is 0 Å². The Morgan fingerprint density at radius 1 is 0.912 bits per heavy atom. The predicted octanol–water partition coefficient (Wildman–Crippen LogP) is 6.98. The van der Waals surface area contributed by atoms with Gasteiger partial charge < -0.3 is 0 Å². The third-order valence-corrected chi connectivity index (χ3v) is 6.82. The van der Waals surface area contributed by atoms with E-state index < -0.39 is 0 Å². The van der Waals surface area contributed by atoms with Gasteiger partial charge in [-0.1, -0.05) is 75.4 Å². The van der Waals surface area contributed by atoms with Crippen LogP contribution in [0, 0.1) is 0 Å². The van der Waals surface area contributed by atoms with Crippen molar-refractivity contribution in [2.24, 2.45) is 5.10 Å². The van der Waals surface area contributed by atoms with Gasteiger partial charge in [-0.15, -0.1) is 11.8 Å². The minimum Gasteiger partial charge on any atom is -0.267 e. The Kier molecular flexibility index (Phi) is 7.13. The van der Waals surface area contributed by atoms with Crippen LogP contribution in [-0.2, 0) is 11.2 Å². The first-order chi connectivity index (χ1) is 16.3. The number of thioether (sulfide) groups is 1. The summed E-state index contributed by atoms with van der Waals surface area (Å²) in [7, 11) is 0. The first-order valence-electron chi connectivity index (χ1n) is 11.3. The predicted molar refractivity (Wildman–Crippen MR) is 143 cm³/mol. The highest BCUT2D eigenvalue weighted by Gasteiger charge is 2.13. The van der Waals surface area contributed by atoms with Crippen molar-refractivity contribution in [2.75, 3.05) is 0 Å². The lowest BCUT2D eigenvalue weighted by molar-refractivity contribution is 0.0955. The molecule has 0 fully saturated rings. The zero-order valence-corrected chi connectivity index (χ0v) is 20.8. The van der Waals surface area contributed by atoms with Crippen LogP contribution < -0.4 is 5.43 Å². The van der Waals surface area contributed by atoms with E-state index in [1.165, 1.54) is 5.56 Å². The van der Waals surface area contributed by atoms with Crippen molar-refractivity contribution in [3.8, 4) is 0 Å². The molecule has 0 aliphatic rings. The van der Waals surface area contributed by atoms with Crippen molar-refractivity contribution in [3.05, 3.63) is 107 Å². The molecule has 1 N–H and O–H groups in total. The molecule has 5 heteroatoms. The molecular formula is C29H29N3OS. The molecule has 1 heterocycles. The molecule has 0 bridgehead atoms. The summed E-state index contributed by atoms with van der Waals surface area (Å²) >= 11 is 1.75. The standard InChI is InChI=1S/C29H29N3OS/c1-20(22-14-16-25(17-15-22)29(2,3)4)31-32-28(33)24-12-10-21(11-13-24)19-34-26-9-5-7-23-8-6-18-30-27(23)26/h5-18H,19H2,1-4H3,(H,32,33)/b31-20-. The highest BCUT2D eigenvalue weighted by Crippen LogP contribution is 2.29. The summed E-state index contributed by atoms with van der Waals surface area (Å²) in [5.41, 5.74) is 8.56. The molecule has 0 aliphatic heterocycles. The maximum Gasteiger partial charge on any atom is 0.271 e. The van der Waals surface area contributed by atoms with Crippen LogP contribution in [0.4, 0.5) is 0 Å². The van der Waals surface area contributed by atoms with Crippen LogP contribution >= 0.6 is 11.8 Å². The Hall–Kier alpha value is -3.44. The molecule has 0 spiro atoms. The summed E-state index contributed by atoms with van der Waals surface area (Å²) in [5.74, 6) is 0.586. The fourth-order valence-electron chi connectivity index (χ4n) is 3.58. The van der Waals surface area contributed by atoms with Crippen LogP contribution in [0.5, 0.6) is 0 Å². The highest BCUT2D eigenvalue weighted by atomic mass is 32.2. The number of hydrazone groups is 1. The van der Waals surface area contributed by atoms with E-state index in [9.17, 15) is 4.79 Å². The molecule has 0 unspecified atom stereocenters. The van der Waals surface area contributed by atoms with Gasteiger partial charge in [0.2, 0.25) is 0 Å². The zero-order valence-electron chi connectivity index (χ0n) is 20.0. The number of carbonyl (C=O) groups is 1. The molecule has 4 aromatic rings. The van der Waals surface area contributed by atoms with Gasteiger partial charge in [-0.05, 0) is 53.3 Å². The molecule has 0 saturated heterocycles. The average molecular weight is 468 g/mol. The maximum absolute atomic E-state index is 12.6. The zero-order chi connectivity index (χ0) is 24.1. The molecule has 172 valence electrons. The summed E-state index contributed by atoms with van der Waals surface area (Å²) in [5, 5.41) is 5.44. The lowest BCUT2D eigenvalue weighted by Crippen LogP contribution is -2.19. The molecular weight excluding hydrogens is 438 g/mol. The molecule has 3 aromatic carbocycles. The molecule has 0 radical (unpaired) electrons. The van der Waals surface area contributed by atoms with Gasteiger partial charge >= 0.3 is 0 Å². The Balaban J connectivity index is 1.36. The second kappa shape index (κ2) is 10.2. The molecule has 34 heavy (non-hydrogen) atoms. The average Bonchev–Trinajstić information content (AvgIpc) is 2.85. The number of amides is 1.